The molecule has 0 aromatic carbocycles. The summed E-state index contributed by atoms with van der Waals surface area (Å²) in [4.78, 5) is 20.5. The normalized spacial score (nSPS) is 15.5. The third-order valence-electron chi connectivity index (χ3n) is 5.75. The largest absolute Gasteiger partial charge is 0.463 e. The minimum atomic E-state index is -0.0775. The molecule has 1 aliphatic heterocycles. The van der Waals surface area contributed by atoms with E-state index in [9.17, 15) is 4.79 Å². The van der Waals surface area contributed by atoms with Crippen LogP contribution in [0.3, 0.4) is 0 Å². The lowest BCUT2D eigenvalue weighted by Crippen LogP contribution is -2.44. The molecule has 31 heavy (non-hydrogen) atoms. The molecule has 1 N–H and O–H groups in total. The van der Waals surface area contributed by atoms with Crippen molar-refractivity contribution in [1.82, 2.24) is 25.0 Å². The molecule has 0 radical (unpaired) electrons. The SMILES string of the molecule is CC(C)=CCN1CCC(NC(=O)c2cc(-c3ccco3)nc3c2cnn3C(C)C)CC1. The van der Waals surface area contributed by atoms with Gasteiger partial charge in [0.25, 0.3) is 5.91 Å². The lowest BCUT2D eigenvalue weighted by atomic mass is 10.0. The molecule has 1 amide bonds. The Hall–Kier alpha value is -2.93. The molecule has 164 valence electrons. The fourth-order valence-corrected chi connectivity index (χ4v) is 3.97. The summed E-state index contributed by atoms with van der Waals surface area (Å²) in [6, 6.07) is 5.80. The van der Waals surface area contributed by atoms with Gasteiger partial charge in [0.05, 0.1) is 23.4 Å². The molecule has 7 nitrogen and oxygen atoms in total. The molecule has 3 aromatic rings. The number of aromatic nitrogens is 3. The molecule has 1 fully saturated rings. The molecular weight excluding hydrogens is 390 g/mol. The Bertz CT molecular complexity index is 1070. The van der Waals surface area contributed by atoms with Crippen LogP contribution in [0.2, 0.25) is 0 Å². The number of allylic oxidation sites excluding steroid dienone is 1. The van der Waals surface area contributed by atoms with E-state index in [0.29, 0.717) is 22.7 Å². The van der Waals surface area contributed by atoms with E-state index in [0.717, 1.165) is 37.9 Å². The van der Waals surface area contributed by atoms with E-state index in [-0.39, 0.29) is 18.0 Å². The van der Waals surface area contributed by atoms with Crippen LogP contribution >= 0.6 is 0 Å². The molecule has 0 spiro atoms. The van der Waals surface area contributed by atoms with Crippen molar-refractivity contribution in [1.29, 1.82) is 0 Å². The smallest absolute Gasteiger partial charge is 0.252 e. The first-order chi connectivity index (χ1) is 14.9. The Morgan fingerprint density at radius 2 is 2.10 bits per heavy atom. The topological polar surface area (TPSA) is 76.2 Å². The van der Waals surface area contributed by atoms with Gasteiger partial charge in [-0.15, -0.1) is 0 Å². The molecule has 0 atom stereocenters. The number of piperidine rings is 1. The number of fused-ring (bicyclic) bond motifs is 1. The number of nitrogens with one attached hydrogen (secondary N) is 1. The van der Waals surface area contributed by atoms with E-state index >= 15 is 0 Å². The van der Waals surface area contributed by atoms with E-state index in [1.54, 1.807) is 12.5 Å². The van der Waals surface area contributed by atoms with Crippen LogP contribution in [-0.4, -0.2) is 51.2 Å². The maximum absolute atomic E-state index is 13.3. The van der Waals surface area contributed by atoms with Gasteiger partial charge in [-0.25, -0.2) is 9.67 Å². The highest BCUT2D eigenvalue weighted by atomic mass is 16.3. The van der Waals surface area contributed by atoms with Crippen LogP contribution in [0.4, 0.5) is 0 Å². The summed E-state index contributed by atoms with van der Waals surface area (Å²) in [7, 11) is 0. The van der Waals surface area contributed by atoms with Crippen LogP contribution in [0.5, 0.6) is 0 Å². The second-order valence-corrected chi connectivity index (χ2v) is 8.78. The van der Waals surface area contributed by atoms with Crippen molar-refractivity contribution in [2.24, 2.45) is 0 Å². The summed E-state index contributed by atoms with van der Waals surface area (Å²) >= 11 is 0. The highest BCUT2D eigenvalue weighted by molar-refractivity contribution is 6.06. The summed E-state index contributed by atoms with van der Waals surface area (Å²) in [5, 5.41) is 8.50. The van der Waals surface area contributed by atoms with Crippen molar-refractivity contribution < 1.29 is 9.21 Å². The van der Waals surface area contributed by atoms with Crippen LogP contribution in [0.15, 0.2) is 46.7 Å². The molecule has 0 bridgehead atoms. The van der Waals surface area contributed by atoms with Gasteiger partial charge in [0.2, 0.25) is 0 Å². The third kappa shape index (κ3) is 4.71. The zero-order chi connectivity index (χ0) is 22.0. The van der Waals surface area contributed by atoms with Gasteiger partial charge in [-0.05, 0) is 58.7 Å². The summed E-state index contributed by atoms with van der Waals surface area (Å²) < 4.78 is 7.40. The first-order valence-electron chi connectivity index (χ1n) is 11.0. The van der Waals surface area contributed by atoms with Crippen LogP contribution in [0, 0.1) is 0 Å². The van der Waals surface area contributed by atoms with Crippen molar-refractivity contribution in [3.8, 4) is 11.5 Å². The number of carbonyl (C=O) groups excluding carboxylic acids is 1. The fourth-order valence-electron chi connectivity index (χ4n) is 3.97. The summed E-state index contributed by atoms with van der Waals surface area (Å²) in [5.74, 6) is 0.561. The number of furan rings is 1. The van der Waals surface area contributed by atoms with E-state index in [2.05, 4.69) is 49.1 Å². The third-order valence-corrected chi connectivity index (χ3v) is 5.75. The van der Waals surface area contributed by atoms with Crippen molar-refractivity contribution in [3.05, 3.63) is 47.9 Å². The maximum Gasteiger partial charge on any atom is 0.252 e. The average Bonchev–Trinajstić information content (AvgIpc) is 3.42. The van der Waals surface area contributed by atoms with Gasteiger partial charge in [0.15, 0.2) is 11.4 Å². The lowest BCUT2D eigenvalue weighted by molar-refractivity contribution is 0.0915. The molecule has 0 aliphatic carbocycles. The number of hydrogen-bond acceptors (Lipinski definition) is 5. The number of likely N-dealkylation sites (tertiary alicyclic amines) is 1. The summed E-state index contributed by atoms with van der Waals surface area (Å²) in [6.07, 6.45) is 7.52. The molecule has 4 heterocycles. The molecule has 3 aromatic heterocycles. The Kier molecular flexibility index (Phi) is 6.23. The molecular formula is C24H31N5O2. The van der Waals surface area contributed by atoms with Gasteiger partial charge in [-0.2, -0.15) is 5.10 Å². The second kappa shape index (κ2) is 9.06. The quantitative estimate of drug-likeness (QED) is 0.596. The first kappa shape index (κ1) is 21.3. The number of pyridine rings is 1. The maximum atomic E-state index is 13.3. The lowest BCUT2D eigenvalue weighted by Gasteiger charge is -2.31. The first-order valence-corrected chi connectivity index (χ1v) is 11.0. The fraction of sp³-hybridized carbons (Fsp3) is 0.458. The van der Waals surface area contributed by atoms with Gasteiger partial charge in [-0.3, -0.25) is 9.69 Å². The molecule has 1 saturated heterocycles. The molecule has 0 unspecified atom stereocenters. The molecule has 4 rings (SSSR count). The van der Waals surface area contributed by atoms with Gasteiger partial charge >= 0.3 is 0 Å². The van der Waals surface area contributed by atoms with Crippen molar-refractivity contribution in [2.75, 3.05) is 19.6 Å². The summed E-state index contributed by atoms with van der Waals surface area (Å²) in [6.45, 7) is 11.3. The van der Waals surface area contributed by atoms with Crippen LogP contribution in [0.25, 0.3) is 22.5 Å². The predicted octanol–water partition coefficient (Wildman–Crippen LogP) is 4.43. The Balaban J connectivity index is 1.56. The summed E-state index contributed by atoms with van der Waals surface area (Å²) in [5.41, 5.74) is 3.27. The van der Waals surface area contributed by atoms with Crippen molar-refractivity contribution >= 4 is 16.9 Å². The highest BCUT2D eigenvalue weighted by Crippen LogP contribution is 2.27. The van der Waals surface area contributed by atoms with E-state index in [4.69, 9.17) is 9.40 Å². The van der Waals surface area contributed by atoms with Crippen LogP contribution in [-0.2, 0) is 0 Å². The average molecular weight is 422 g/mol. The second-order valence-electron chi connectivity index (χ2n) is 8.78. The number of nitrogens with zero attached hydrogens (tertiary/aromatic N) is 4. The van der Waals surface area contributed by atoms with Gasteiger partial charge < -0.3 is 9.73 Å². The predicted molar refractivity (Wildman–Crippen MR) is 122 cm³/mol. The minimum absolute atomic E-state index is 0.0775. The monoisotopic (exact) mass is 421 g/mol. The zero-order valence-corrected chi connectivity index (χ0v) is 18.8. The zero-order valence-electron chi connectivity index (χ0n) is 18.8. The Morgan fingerprint density at radius 1 is 1.32 bits per heavy atom. The van der Waals surface area contributed by atoms with E-state index in [1.165, 1.54) is 5.57 Å². The molecule has 1 aliphatic rings. The standard InChI is InChI=1S/C24H31N5O2/c1-16(2)7-10-28-11-8-18(9-12-28)26-24(30)19-14-21(22-6-5-13-31-22)27-23-20(19)15-25-29(23)17(3)4/h5-7,13-15,17-18H,8-12H2,1-4H3,(H,26,30). The number of hydrogen-bond donors (Lipinski definition) is 1. The number of carbonyl (C=O) groups is 1. The van der Waals surface area contributed by atoms with Crippen molar-refractivity contribution in [3.63, 3.8) is 0 Å². The number of rotatable bonds is 6. The minimum Gasteiger partial charge on any atom is -0.463 e. The Labute approximate surface area is 183 Å². The van der Waals surface area contributed by atoms with Gasteiger partial charge in [-0.1, -0.05) is 11.6 Å². The van der Waals surface area contributed by atoms with E-state index in [1.807, 2.05) is 22.9 Å². The van der Waals surface area contributed by atoms with Crippen LogP contribution in [0.1, 0.15) is 56.9 Å². The Morgan fingerprint density at radius 3 is 2.74 bits per heavy atom. The van der Waals surface area contributed by atoms with Gasteiger partial charge in [0.1, 0.15) is 5.69 Å². The molecule has 0 saturated carbocycles. The number of amides is 1. The molecule has 7 heteroatoms. The van der Waals surface area contributed by atoms with Crippen LogP contribution < -0.4 is 5.32 Å². The highest BCUT2D eigenvalue weighted by Gasteiger charge is 2.24. The van der Waals surface area contributed by atoms with Gasteiger partial charge in [0, 0.05) is 31.7 Å². The van der Waals surface area contributed by atoms with Crippen molar-refractivity contribution in [2.45, 2.75) is 52.6 Å². The van der Waals surface area contributed by atoms with E-state index < -0.39 is 0 Å².